The fourth-order valence-corrected chi connectivity index (χ4v) is 1.99. The fraction of sp³-hybridized carbons (Fsp3) is 0.636. The number of nitrogens with zero attached hydrogens (tertiary/aromatic N) is 1. The Kier molecular flexibility index (Phi) is 3.22. The number of allylic oxidation sites excluding steroid dienone is 2. The number of piperazine rings is 1. The van der Waals surface area contributed by atoms with Crippen LogP contribution < -0.4 is 5.32 Å². The van der Waals surface area contributed by atoms with Gasteiger partial charge in [0.15, 0.2) is 0 Å². The van der Waals surface area contributed by atoms with Gasteiger partial charge in [-0.25, -0.2) is 0 Å². The lowest BCUT2D eigenvalue weighted by atomic mass is 10.1. The summed E-state index contributed by atoms with van der Waals surface area (Å²) in [7, 11) is 0. The third-order valence-electron chi connectivity index (χ3n) is 2.77. The summed E-state index contributed by atoms with van der Waals surface area (Å²) in [6.45, 7) is 5.40. The fourth-order valence-electron chi connectivity index (χ4n) is 1.99. The Morgan fingerprint density at radius 1 is 1.36 bits per heavy atom. The van der Waals surface area contributed by atoms with E-state index in [1.807, 2.05) is 6.08 Å². The largest absolute Gasteiger partial charge is 0.512 e. The zero-order valence-electron chi connectivity index (χ0n) is 8.50. The molecular weight excluding hydrogens is 176 g/mol. The molecule has 0 aromatic carbocycles. The van der Waals surface area contributed by atoms with Crippen molar-refractivity contribution in [3.05, 3.63) is 23.5 Å². The number of aliphatic hydroxyl groups is 1. The van der Waals surface area contributed by atoms with Gasteiger partial charge in [0.25, 0.3) is 0 Å². The third-order valence-corrected chi connectivity index (χ3v) is 2.77. The highest BCUT2D eigenvalue weighted by Gasteiger charge is 2.12. The molecular formula is C11H18N2O. The highest BCUT2D eigenvalue weighted by atomic mass is 16.3. The van der Waals surface area contributed by atoms with E-state index in [-0.39, 0.29) is 0 Å². The van der Waals surface area contributed by atoms with Crippen LogP contribution in [0.5, 0.6) is 0 Å². The molecule has 1 aliphatic carbocycles. The van der Waals surface area contributed by atoms with Crippen molar-refractivity contribution in [2.24, 2.45) is 0 Å². The van der Waals surface area contributed by atoms with Gasteiger partial charge in [0.2, 0.25) is 0 Å². The summed E-state index contributed by atoms with van der Waals surface area (Å²) in [6, 6.07) is 0. The standard InChI is InChI=1S/C11H18N2O/c14-11-3-1-2-10(8-11)9-13-6-4-12-5-7-13/h2,8,12,14H,1,3-7,9H2. The van der Waals surface area contributed by atoms with Gasteiger partial charge < -0.3 is 10.4 Å². The molecule has 14 heavy (non-hydrogen) atoms. The van der Waals surface area contributed by atoms with E-state index in [0.29, 0.717) is 5.76 Å². The molecule has 1 fully saturated rings. The number of hydrogen-bond acceptors (Lipinski definition) is 3. The molecule has 1 aliphatic heterocycles. The summed E-state index contributed by atoms with van der Waals surface area (Å²) in [5.41, 5.74) is 1.27. The molecule has 0 amide bonds. The Morgan fingerprint density at radius 2 is 2.14 bits per heavy atom. The van der Waals surface area contributed by atoms with E-state index in [0.717, 1.165) is 45.6 Å². The first-order valence-corrected chi connectivity index (χ1v) is 5.36. The van der Waals surface area contributed by atoms with Gasteiger partial charge in [-0.2, -0.15) is 0 Å². The van der Waals surface area contributed by atoms with Gasteiger partial charge >= 0.3 is 0 Å². The first-order chi connectivity index (χ1) is 6.84. The van der Waals surface area contributed by atoms with Gasteiger partial charge in [0.1, 0.15) is 0 Å². The van der Waals surface area contributed by atoms with Crippen LogP contribution in [0.4, 0.5) is 0 Å². The number of nitrogens with one attached hydrogen (secondary N) is 1. The SMILES string of the molecule is OC1=CC(CN2CCNCC2)=CCC1. The summed E-state index contributed by atoms with van der Waals surface area (Å²) in [4.78, 5) is 2.43. The molecule has 0 aromatic rings. The molecule has 78 valence electrons. The van der Waals surface area contributed by atoms with Crippen molar-refractivity contribution in [2.45, 2.75) is 12.8 Å². The smallest absolute Gasteiger partial charge is 0.0928 e. The van der Waals surface area contributed by atoms with Crippen LogP contribution in [0, 0.1) is 0 Å². The molecule has 0 spiro atoms. The second kappa shape index (κ2) is 4.62. The highest BCUT2D eigenvalue weighted by molar-refractivity contribution is 5.26. The van der Waals surface area contributed by atoms with E-state index in [9.17, 15) is 5.11 Å². The number of hydrogen-bond donors (Lipinski definition) is 2. The molecule has 0 saturated carbocycles. The highest BCUT2D eigenvalue weighted by Crippen LogP contribution is 2.15. The van der Waals surface area contributed by atoms with E-state index < -0.39 is 0 Å². The molecule has 0 radical (unpaired) electrons. The normalized spacial score (nSPS) is 24.3. The minimum Gasteiger partial charge on any atom is -0.512 e. The van der Waals surface area contributed by atoms with Crippen molar-refractivity contribution < 1.29 is 5.11 Å². The van der Waals surface area contributed by atoms with E-state index >= 15 is 0 Å². The van der Waals surface area contributed by atoms with Crippen molar-refractivity contribution in [3.63, 3.8) is 0 Å². The van der Waals surface area contributed by atoms with E-state index in [4.69, 9.17) is 0 Å². The van der Waals surface area contributed by atoms with Gasteiger partial charge in [-0.15, -0.1) is 0 Å². The predicted molar refractivity (Wildman–Crippen MR) is 57.3 cm³/mol. The van der Waals surface area contributed by atoms with Gasteiger partial charge in [-0.05, 0) is 18.1 Å². The Bertz CT molecular complexity index is 252. The molecule has 3 heteroatoms. The monoisotopic (exact) mass is 194 g/mol. The third kappa shape index (κ3) is 2.59. The summed E-state index contributed by atoms with van der Waals surface area (Å²) in [5.74, 6) is 0.539. The summed E-state index contributed by atoms with van der Waals surface area (Å²) in [6.07, 6.45) is 5.96. The van der Waals surface area contributed by atoms with Crippen LogP contribution in [0.25, 0.3) is 0 Å². The van der Waals surface area contributed by atoms with E-state index in [2.05, 4.69) is 16.3 Å². The van der Waals surface area contributed by atoms with Crippen LogP contribution in [0.1, 0.15) is 12.8 Å². The van der Waals surface area contributed by atoms with Gasteiger partial charge in [0, 0.05) is 39.1 Å². The second-order valence-corrected chi connectivity index (χ2v) is 3.98. The molecule has 2 N–H and O–H groups in total. The first kappa shape index (κ1) is 9.74. The van der Waals surface area contributed by atoms with Gasteiger partial charge in [0.05, 0.1) is 5.76 Å². The Labute approximate surface area is 85.1 Å². The Balaban J connectivity index is 1.87. The maximum Gasteiger partial charge on any atom is 0.0928 e. The lowest BCUT2D eigenvalue weighted by Crippen LogP contribution is -2.44. The number of aliphatic hydroxyl groups excluding tert-OH is 1. The summed E-state index contributed by atoms with van der Waals surface area (Å²) < 4.78 is 0. The van der Waals surface area contributed by atoms with Gasteiger partial charge in [-0.3, -0.25) is 4.90 Å². The van der Waals surface area contributed by atoms with Crippen molar-refractivity contribution in [1.82, 2.24) is 10.2 Å². The maximum atomic E-state index is 9.40. The lowest BCUT2D eigenvalue weighted by Gasteiger charge is -2.28. The first-order valence-electron chi connectivity index (χ1n) is 5.36. The summed E-state index contributed by atoms with van der Waals surface area (Å²) >= 11 is 0. The average molecular weight is 194 g/mol. The molecule has 0 atom stereocenters. The lowest BCUT2D eigenvalue weighted by molar-refractivity contribution is 0.260. The molecule has 1 saturated heterocycles. The van der Waals surface area contributed by atoms with Crippen LogP contribution in [0.2, 0.25) is 0 Å². The zero-order valence-corrected chi connectivity index (χ0v) is 8.50. The zero-order chi connectivity index (χ0) is 9.80. The van der Waals surface area contributed by atoms with E-state index in [1.54, 1.807) is 0 Å². The van der Waals surface area contributed by atoms with Crippen LogP contribution in [-0.4, -0.2) is 42.7 Å². The quantitative estimate of drug-likeness (QED) is 0.690. The number of rotatable bonds is 2. The molecule has 2 rings (SSSR count). The topological polar surface area (TPSA) is 35.5 Å². The molecule has 3 nitrogen and oxygen atoms in total. The van der Waals surface area contributed by atoms with Crippen LogP contribution >= 0.6 is 0 Å². The van der Waals surface area contributed by atoms with Crippen molar-refractivity contribution in [3.8, 4) is 0 Å². The average Bonchev–Trinajstić information content (AvgIpc) is 2.19. The van der Waals surface area contributed by atoms with Crippen molar-refractivity contribution in [2.75, 3.05) is 32.7 Å². The van der Waals surface area contributed by atoms with E-state index in [1.165, 1.54) is 5.57 Å². The Morgan fingerprint density at radius 3 is 2.86 bits per heavy atom. The Hall–Kier alpha value is -0.800. The second-order valence-electron chi connectivity index (χ2n) is 3.98. The maximum absolute atomic E-state index is 9.40. The molecule has 0 aromatic heterocycles. The molecule has 0 bridgehead atoms. The van der Waals surface area contributed by atoms with Crippen molar-refractivity contribution >= 4 is 0 Å². The minimum atomic E-state index is 0.539. The predicted octanol–water partition coefficient (Wildman–Crippen LogP) is 1.05. The van der Waals surface area contributed by atoms with Gasteiger partial charge in [-0.1, -0.05) is 6.08 Å². The molecule has 2 aliphatic rings. The molecule has 0 unspecified atom stereocenters. The minimum absolute atomic E-state index is 0.539. The van der Waals surface area contributed by atoms with Crippen LogP contribution in [-0.2, 0) is 0 Å². The molecule has 1 heterocycles. The summed E-state index contributed by atoms with van der Waals surface area (Å²) in [5, 5.41) is 12.7. The van der Waals surface area contributed by atoms with Crippen LogP contribution in [0.15, 0.2) is 23.5 Å². The van der Waals surface area contributed by atoms with Crippen LogP contribution in [0.3, 0.4) is 0 Å². The van der Waals surface area contributed by atoms with Crippen molar-refractivity contribution in [1.29, 1.82) is 0 Å².